The third-order valence-corrected chi connectivity index (χ3v) is 5.60. The summed E-state index contributed by atoms with van der Waals surface area (Å²) in [5.74, 6) is 0.914. The summed E-state index contributed by atoms with van der Waals surface area (Å²) in [6.45, 7) is 9.04. The summed E-state index contributed by atoms with van der Waals surface area (Å²) in [6, 6.07) is 10.8. The molecule has 0 saturated heterocycles. The number of hydrogen-bond donors (Lipinski definition) is 0. The number of rotatable bonds is 10. The van der Waals surface area contributed by atoms with E-state index in [0.29, 0.717) is 30.2 Å². The van der Waals surface area contributed by atoms with E-state index in [0.717, 1.165) is 47.6 Å². The van der Waals surface area contributed by atoms with E-state index < -0.39 is 17.7 Å². The fourth-order valence-corrected chi connectivity index (χ4v) is 3.93. The number of hydrogen-bond acceptors (Lipinski definition) is 6. The highest BCUT2D eigenvalue weighted by molar-refractivity contribution is 5.71. The summed E-state index contributed by atoms with van der Waals surface area (Å²) in [4.78, 5) is 22.6. The molecular formula is C27H30F3N3O3. The summed E-state index contributed by atoms with van der Waals surface area (Å²) >= 11 is 0. The van der Waals surface area contributed by atoms with E-state index in [9.17, 15) is 18.0 Å². The second-order valence-corrected chi connectivity index (χ2v) is 8.36. The molecule has 0 amide bonds. The number of nitrogens with zero attached hydrogens (tertiary/aromatic N) is 3. The average molecular weight is 502 g/mol. The second kappa shape index (κ2) is 11.9. The molecule has 1 heterocycles. The van der Waals surface area contributed by atoms with Gasteiger partial charge in [-0.3, -0.25) is 0 Å². The van der Waals surface area contributed by atoms with Crippen molar-refractivity contribution < 1.29 is 27.4 Å². The van der Waals surface area contributed by atoms with Crippen molar-refractivity contribution in [3.63, 3.8) is 0 Å². The average Bonchev–Trinajstić information content (AvgIpc) is 2.83. The Morgan fingerprint density at radius 3 is 2.36 bits per heavy atom. The highest BCUT2D eigenvalue weighted by Gasteiger charge is 2.30. The van der Waals surface area contributed by atoms with Gasteiger partial charge in [0.15, 0.2) is 6.61 Å². The van der Waals surface area contributed by atoms with Crippen molar-refractivity contribution in [1.82, 2.24) is 9.97 Å². The second-order valence-electron chi connectivity index (χ2n) is 8.36. The van der Waals surface area contributed by atoms with Crippen molar-refractivity contribution in [2.45, 2.75) is 46.8 Å². The fourth-order valence-electron chi connectivity index (χ4n) is 3.93. The minimum Gasteiger partial charge on any atom is -0.482 e. The minimum absolute atomic E-state index is 0.150. The Morgan fingerprint density at radius 2 is 1.75 bits per heavy atom. The molecule has 1 aromatic heterocycles. The molecule has 0 radical (unpaired) electrons. The molecule has 0 N–H and O–H groups in total. The van der Waals surface area contributed by atoms with Gasteiger partial charge in [-0.1, -0.05) is 31.2 Å². The van der Waals surface area contributed by atoms with Gasteiger partial charge in [0.05, 0.1) is 17.9 Å². The Balaban J connectivity index is 1.83. The van der Waals surface area contributed by atoms with Gasteiger partial charge in [0.1, 0.15) is 17.9 Å². The molecule has 0 unspecified atom stereocenters. The van der Waals surface area contributed by atoms with Crippen molar-refractivity contribution in [1.29, 1.82) is 0 Å². The largest absolute Gasteiger partial charge is 0.482 e. The van der Waals surface area contributed by atoms with Crippen LogP contribution in [0.1, 0.15) is 42.5 Å². The van der Waals surface area contributed by atoms with Crippen molar-refractivity contribution in [2.24, 2.45) is 0 Å². The predicted octanol–water partition coefficient (Wildman–Crippen LogP) is 6.14. The molecule has 0 spiro atoms. The van der Waals surface area contributed by atoms with Crippen LogP contribution in [0.15, 0.2) is 48.8 Å². The first-order chi connectivity index (χ1) is 17.1. The normalized spacial score (nSPS) is 11.3. The van der Waals surface area contributed by atoms with Gasteiger partial charge < -0.3 is 14.4 Å². The molecule has 0 aliphatic rings. The molecule has 0 aliphatic carbocycles. The number of alkyl halides is 3. The van der Waals surface area contributed by atoms with E-state index >= 15 is 0 Å². The standard InChI is InChI=1S/C27H30F3N3O3/c1-5-13-33(15-20-7-12-23(18(3)14-20)36-16-24(34)35-6-2)26-19(4)25(31-17-32-26)21-8-10-22(11-9-21)27(28,29)30/h7-12,14,17H,5-6,13,15-16H2,1-4H3. The van der Waals surface area contributed by atoms with Gasteiger partial charge in [-0.2, -0.15) is 13.2 Å². The van der Waals surface area contributed by atoms with Crippen LogP contribution >= 0.6 is 0 Å². The van der Waals surface area contributed by atoms with E-state index in [2.05, 4.69) is 21.8 Å². The molecule has 0 aliphatic heterocycles. The van der Waals surface area contributed by atoms with Gasteiger partial charge in [-0.15, -0.1) is 0 Å². The number of carbonyl (C=O) groups is 1. The molecule has 36 heavy (non-hydrogen) atoms. The number of aryl methyl sites for hydroxylation is 1. The summed E-state index contributed by atoms with van der Waals surface area (Å²) in [5, 5.41) is 0. The van der Waals surface area contributed by atoms with Crippen LogP contribution in [-0.4, -0.2) is 35.7 Å². The first-order valence-electron chi connectivity index (χ1n) is 11.8. The molecule has 0 bridgehead atoms. The molecule has 3 aromatic rings. The minimum atomic E-state index is -4.39. The van der Waals surface area contributed by atoms with E-state index in [1.807, 2.05) is 32.0 Å². The predicted molar refractivity (Wildman–Crippen MR) is 132 cm³/mol. The van der Waals surface area contributed by atoms with Crippen LogP contribution in [0.3, 0.4) is 0 Å². The molecule has 192 valence electrons. The summed E-state index contributed by atoms with van der Waals surface area (Å²) < 4.78 is 49.4. The van der Waals surface area contributed by atoms with Crippen LogP contribution in [0.25, 0.3) is 11.3 Å². The highest BCUT2D eigenvalue weighted by atomic mass is 19.4. The molecule has 6 nitrogen and oxygen atoms in total. The molecule has 0 atom stereocenters. The van der Waals surface area contributed by atoms with Crippen LogP contribution in [0, 0.1) is 13.8 Å². The number of carbonyl (C=O) groups excluding carboxylic acids is 1. The summed E-state index contributed by atoms with van der Waals surface area (Å²) in [7, 11) is 0. The Kier molecular flexibility index (Phi) is 8.90. The lowest BCUT2D eigenvalue weighted by atomic mass is 10.0. The van der Waals surface area contributed by atoms with Crippen molar-refractivity contribution in [3.8, 4) is 17.0 Å². The maximum Gasteiger partial charge on any atom is 0.416 e. The molecule has 0 saturated carbocycles. The van der Waals surface area contributed by atoms with E-state index in [1.54, 1.807) is 6.92 Å². The van der Waals surface area contributed by atoms with Crippen molar-refractivity contribution >= 4 is 11.8 Å². The quantitative estimate of drug-likeness (QED) is 0.311. The Morgan fingerprint density at radius 1 is 1.03 bits per heavy atom. The monoisotopic (exact) mass is 501 g/mol. The van der Waals surface area contributed by atoms with Crippen LogP contribution in [0.4, 0.5) is 19.0 Å². The summed E-state index contributed by atoms with van der Waals surface area (Å²) in [6.07, 6.45) is -2.08. The molecule has 2 aromatic carbocycles. The van der Waals surface area contributed by atoms with Crippen molar-refractivity contribution in [2.75, 3.05) is 24.7 Å². The van der Waals surface area contributed by atoms with Crippen LogP contribution < -0.4 is 9.64 Å². The third-order valence-electron chi connectivity index (χ3n) is 5.60. The van der Waals surface area contributed by atoms with E-state index in [4.69, 9.17) is 9.47 Å². The first kappa shape index (κ1) is 27.0. The molecule has 3 rings (SSSR count). The van der Waals surface area contributed by atoms with Crippen molar-refractivity contribution in [3.05, 3.63) is 71.0 Å². The van der Waals surface area contributed by atoms with Gasteiger partial charge >= 0.3 is 12.1 Å². The Labute approximate surface area is 209 Å². The number of anilines is 1. The number of ether oxygens (including phenoxy) is 2. The fraction of sp³-hybridized carbons (Fsp3) is 0.370. The number of halogens is 3. The van der Waals surface area contributed by atoms with E-state index in [-0.39, 0.29) is 6.61 Å². The Hall–Kier alpha value is -3.62. The smallest absolute Gasteiger partial charge is 0.416 e. The van der Waals surface area contributed by atoms with Gasteiger partial charge in [0.2, 0.25) is 0 Å². The SMILES string of the molecule is CCCN(Cc1ccc(OCC(=O)OCC)c(C)c1)c1ncnc(-c2ccc(C(F)(F)F)cc2)c1C. The number of aromatic nitrogens is 2. The zero-order valence-corrected chi connectivity index (χ0v) is 20.9. The van der Waals surface area contributed by atoms with Crippen LogP contribution in [0.5, 0.6) is 5.75 Å². The molecular weight excluding hydrogens is 471 g/mol. The lowest BCUT2D eigenvalue weighted by Gasteiger charge is -2.26. The third kappa shape index (κ3) is 6.74. The lowest BCUT2D eigenvalue weighted by molar-refractivity contribution is -0.145. The van der Waals surface area contributed by atoms with Gasteiger partial charge in [-0.25, -0.2) is 14.8 Å². The highest BCUT2D eigenvalue weighted by Crippen LogP contribution is 2.33. The van der Waals surface area contributed by atoms with Gasteiger partial charge in [-0.05, 0) is 56.5 Å². The maximum atomic E-state index is 13.0. The maximum absolute atomic E-state index is 13.0. The molecule has 9 heteroatoms. The topological polar surface area (TPSA) is 64.5 Å². The summed E-state index contributed by atoms with van der Waals surface area (Å²) in [5.41, 5.74) is 3.19. The van der Waals surface area contributed by atoms with Crippen LogP contribution in [0.2, 0.25) is 0 Å². The molecule has 0 fully saturated rings. The lowest BCUT2D eigenvalue weighted by Crippen LogP contribution is -2.25. The van der Waals surface area contributed by atoms with Gasteiger partial charge in [0, 0.05) is 24.2 Å². The first-order valence-corrected chi connectivity index (χ1v) is 11.8. The number of esters is 1. The van der Waals surface area contributed by atoms with Crippen LogP contribution in [-0.2, 0) is 22.3 Å². The number of benzene rings is 2. The van der Waals surface area contributed by atoms with E-state index in [1.165, 1.54) is 18.5 Å². The Bertz CT molecular complexity index is 1180. The zero-order valence-electron chi connectivity index (χ0n) is 20.9. The van der Waals surface area contributed by atoms with Gasteiger partial charge in [0.25, 0.3) is 0 Å². The zero-order chi connectivity index (χ0) is 26.3.